The Morgan fingerprint density at radius 1 is 0.902 bits per heavy atom. The van der Waals surface area contributed by atoms with Gasteiger partial charge in [0.2, 0.25) is 17.7 Å². The predicted molar refractivity (Wildman–Crippen MR) is 314 cm³/mol. The summed E-state index contributed by atoms with van der Waals surface area (Å²) in [4.78, 5) is 83.5. The first kappa shape index (κ1) is 59.0. The predicted octanol–water partition coefficient (Wildman–Crippen LogP) is 9.89. The normalized spacial score (nSPS) is 18.3. The molecule has 0 radical (unpaired) electrons. The lowest BCUT2D eigenvalue weighted by molar-refractivity contribution is -0.147. The molecular formula is C64H80FN11O6. The topological polar surface area (TPSA) is 201 Å². The van der Waals surface area contributed by atoms with Gasteiger partial charge < -0.3 is 46.0 Å². The number of halogens is 1. The van der Waals surface area contributed by atoms with Gasteiger partial charge in [0, 0.05) is 56.7 Å². The highest BCUT2D eigenvalue weighted by molar-refractivity contribution is 5.97. The van der Waals surface area contributed by atoms with Crippen LogP contribution < -0.4 is 31.3 Å². The summed E-state index contributed by atoms with van der Waals surface area (Å²) in [5.74, 6) is -0.147. The third-order valence-electron chi connectivity index (χ3n) is 17.0. The fourth-order valence-corrected chi connectivity index (χ4v) is 12.3. The minimum Gasteiger partial charge on any atom is -0.494 e. The molecule has 434 valence electrons. The van der Waals surface area contributed by atoms with Crippen LogP contribution in [0.5, 0.6) is 5.75 Å². The van der Waals surface area contributed by atoms with Crippen LogP contribution in [0.15, 0.2) is 72.9 Å². The number of nitrogens with one attached hydrogen (secondary N) is 3. The van der Waals surface area contributed by atoms with E-state index >= 15 is 0 Å². The highest BCUT2D eigenvalue weighted by Crippen LogP contribution is 2.44. The van der Waals surface area contributed by atoms with Crippen molar-refractivity contribution in [3.63, 3.8) is 0 Å². The molecule has 4 aliphatic rings. The summed E-state index contributed by atoms with van der Waals surface area (Å²) in [6.45, 7) is 17.5. The molecule has 18 heteroatoms. The average molecular weight is 1120 g/mol. The van der Waals surface area contributed by atoms with Gasteiger partial charge in [-0.05, 0) is 146 Å². The molecule has 82 heavy (non-hydrogen) atoms. The molecule has 1 aliphatic carbocycles. The van der Waals surface area contributed by atoms with E-state index in [0.29, 0.717) is 97.0 Å². The second-order valence-corrected chi connectivity index (χ2v) is 23.8. The number of hydrogen-bond acceptors (Lipinski definition) is 11. The number of anilines is 2. The third kappa shape index (κ3) is 13.3. The van der Waals surface area contributed by atoms with Crippen molar-refractivity contribution < 1.29 is 33.1 Å². The second-order valence-electron chi connectivity index (χ2n) is 23.8. The number of aryl methyl sites for hydroxylation is 2. The van der Waals surface area contributed by atoms with E-state index in [0.717, 1.165) is 80.9 Å². The highest BCUT2D eigenvalue weighted by Gasteiger charge is 2.43. The van der Waals surface area contributed by atoms with Crippen molar-refractivity contribution in [2.75, 3.05) is 37.9 Å². The van der Waals surface area contributed by atoms with Crippen molar-refractivity contribution in [3.8, 4) is 16.9 Å². The lowest BCUT2D eigenvalue weighted by Crippen LogP contribution is -2.62. The summed E-state index contributed by atoms with van der Waals surface area (Å²) in [5.41, 5.74) is 13.6. The monoisotopic (exact) mass is 1120 g/mol. The number of nitrogens with two attached hydrogens (primary N) is 1. The molecule has 17 nitrogen and oxygen atoms in total. The Kier molecular flexibility index (Phi) is 18.8. The van der Waals surface area contributed by atoms with Crippen molar-refractivity contribution in [1.82, 2.24) is 40.5 Å². The van der Waals surface area contributed by atoms with Crippen LogP contribution in [0, 0.1) is 17.8 Å². The molecule has 5 aromatic rings. The van der Waals surface area contributed by atoms with Crippen LogP contribution >= 0.6 is 0 Å². The molecule has 3 aromatic carbocycles. The number of Topliss-reactive ketones (excluding diaryl/α,β-unsaturated/α-hetero) is 1. The number of nitrogen functional groups attached to an aromatic ring is 1. The lowest BCUT2D eigenvalue weighted by atomic mass is 9.83. The maximum absolute atomic E-state index is 14.8. The number of rotatable bonds is 20. The van der Waals surface area contributed by atoms with Gasteiger partial charge in [-0.3, -0.25) is 24.0 Å². The van der Waals surface area contributed by atoms with Gasteiger partial charge in [-0.25, -0.2) is 9.37 Å². The number of benzene rings is 3. The number of amides is 4. The van der Waals surface area contributed by atoms with Gasteiger partial charge in [-0.15, -0.1) is 0 Å². The molecule has 5 heterocycles. The fraction of sp³-hybridized carbons (Fsp3) is 0.500. The standard InChI is InChI=1S/C64H80FN11O6/c1-40(67-5)60(78)71-57(64(2,3)4)63(81)75-38-44-33-47(28-26-42(44)34-54(75)61(79)70-51-24-16-20-41-19-13-14-23-48(41)51)82-32-15-11-9-8-10-12-21-46(77)22-17-31-76-55-39-73(7)62(80)49-29-27-45(65)36-50(49)52-25-18-30-74(52)53-35-43(37-69-58(53)66)56(55)59(68-6)72-76/h13-14,19,23,26-29,33,35-37,40,51-52,54,57,67H,8-12,15-18,20-22,24-25,30-32,34,38-39H2,1-5,7H3,(H2,66,69)(H,70,79)(H,71,78)/t40-,51+,52+,54-,57+/m0/s1. The van der Waals surface area contributed by atoms with Crippen molar-refractivity contribution >= 4 is 46.7 Å². The van der Waals surface area contributed by atoms with Crippen LogP contribution in [0.3, 0.4) is 0 Å². The molecule has 0 unspecified atom stereocenters. The summed E-state index contributed by atoms with van der Waals surface area (Å²) in [6.07, 6.45) is 13.1. The molecule has 5 atom stereocenters. The van der Waals surface area contributed by atoms with E-state index in [1.807, 2.05) is 57.2 Å². The van der Waals surface area contributed by atoms with E-state index < -0.39 is 29.4 Å². The zero-order valence-electron chi connectivity index (χ0n) is 48.5. The Labute approximate surface area is 481 Å². The zero-order valence-corrected chi connectivity index (χ0v) is 48.5. The summed E-state index contributed by atoms with van der Waals surface area (Å²) in [5, 5.41) is 14.0. The minimum absolute atomic E-state index is 0.122. The largest absolute Gasteiger partial charge is 0.494 e. The molecule has 4 amide bonds. The molecule has 9 rings (SSSR count). The van der Waals surface area contributed by atoms with Gasteiger partial charge in [-0.1, -0.05) is 83.4 Å². The first-order valence-corrected chi connectivity index (χ1v) is 29.4. The molecule has 3 aliphatic heterocycles. The quantitative estimate of drug-likeness (QED) is 0.0427. The Hall–Kier alpha value is -7.65. The third-order valence-corrected chi connectivity index (χ3v) is 17.0. The van der Waals surface area contributed by atoms with E-state index in [4.69, 9.17) is 22.1 Å². The molecule has 2 aromatic heterocycles. The average Bonchev–Trinajstić information content (AvgIpc) is 4.27. The number of carbonyl (C=O) groups is 5. The van der Waals surface area contributed by atoms with E-state index in [1.165, 1.54) is 17.7 Å². The van der Waals surface area contributed by atoms with E-state index in [9.17, 15) is 28.4 Å². The molecular weight excluding hydrogens is 1040 g/mol. The number of hydrogen-bond donors (Lipinski definition) is 4. The van der Waals surface area contributed by atoms with Gasteiger partial charge in [0.05, 0.1) is 49.2 Å². The maximum Gasteiger partial charge on any atom is 0.303 e. The Bertz CT molecular complexity index is 3220. The molecule has 0 spiro atoms. The summed E-state index contributed by atoms with van der Waals surface area (Å²) < 4.78 is 22.8. The number of likely N-dealkylation sites (N-methyl/N-ethyl adjacent to an activating group) is 1. The van der Waals surface area contributed by atoms with Crippen molar-refractivity contribution in [2.45, 2.75) is 174 Å². The fourth-order valence-electron chi connectivity index (χ4n) is 12.3. The Morgan fingerprint density at radius 3 is 2.45 bits per heavy atom. The minimum atomic E-state index is -0.878. The first-order valence-electron chi connectivity index (χ1n) is 29.4. The van der Waals surface area contributed by atoms with Crippen LogP contribution in [0.1, 0.15) is 167 Å². The number of ketones is 1. The maximum atomic E-state index is 14.8. The van der Waals surface area contributed by atoms with Crippen molar-refractivity contribution in [2.24, 2.45) is 5.41 Å². The van der Waals surface area contributed by atoms with Crippen LogP contribution in [-0.2, 0) is 51.7 Å². The van der Waals surface area contributed by atoms with Gasteiger partial charge in [0.25, 0.3) is 5.91 Å². The van der Waals surface area contributed by atoms with Gasteiger partial charge in [0.1, 0.15) is 35.3 Å². The van der Waals surface area contributed by atoms with Crippen LogP contribution in [0.2, 0.25) is 0 Å². The summed E-state index contributed by atoms with van der Waals surface area (Å²) in [6, 6.07) is 17.8. The van der Waals surface area contributed by atoms with E-state index in [2.05, 4.69) is 42.8 Å². The van der Waals surface area contributed by atoms with Gasteiger partial charge in [0.15, 0.2) is 0 Å². The number of ether oxygens (including phenoxy) is 1. The summed E-state index contributed by atoms with van der Waals surface area (Å²) >= 11 is 0. The van der Waals surface area contributed by atoms with Crippen LogP contribution in [-0.4, -0.2) is 99.3 Å². The number of carbonyl (C=O) groups excluding carboxylic acids is 5. The molecule has 1 fully saturated rings. The van der Waals surface area contributed by atoms with E-state index in [1.54, 1.807) is 47.8 Å². The number of aromatic nitrogens is 3. The molecule has 2 bridgehead atoms. The van der Waals surface area contributed by atoms with Crippen LogP contribution in [0.25, 0.3) is 16.0 Å². The number of unbranched alkanes of at least 4 members (excludes halogenated alkanes) is 5. The highest BCUT2D eigenvalue weighted by atomic mass is 19.1. The van der Waals surface area contributed by atoms with Gasteiger partial charge >= 0.3 is 5.82 Å². The smallest absolute Gasteiger partial charge is 0.303 e. The summed E-state index contributed by atoms with van der Waals surface area (Å²) in [7, 11) is 3.40. The number of fused-ring (bicyclic) bond motifs is 10. The molecule has 5 N–H and O–H groups in total. The van der Waals surface area contributed by atoms with E-state index in [-0.39, 0.29) is 60.4 Å². The Morgan fingerprint density at radius 2 is 1.67 bits per heavy atom. The number of nitrogens with zero attached hydrogens (tertiary/aromatic N) is 7. The number of pyridine rings is 1. The lowest BCUT2D eigenvalue weighted by Gasteiger charge is -2.41. The molecule has 0 saturated carbocycles. The Balaban J connectivity index is 0.757. The second kappa shape index (κ2) is 26.1. The SMILES string of the molecule is [C-]#[N+]c1nn(CCCC(=O)CCCCCCCCOc2ccc3c(c2)CN(C(=O)[C@@H](NC(=O)[C@H](C)NC)C(C)(C)C)[C@H](C(=O)N[C@@H]2CCCc4ccccc42)C3)c2c1-c1cnc(N)c(c1)N1CCC[C@@H]1c1cc(F)ccc1C(=O)N(C)C2. The van der Waals surface area contributed by atoms with Gasteiger partial charge in [-0.2, -0.15) is 4.68 Å². The van der Waals surface area contributed by atoms with Crippen LogP contribution in [0.4, 0.5) is 21.7 Å². The van der Waals surface area contributed by atoms with Crippen molar-refractivity contribution in [1.29, 1.82) is 0 Å². The first-order chi connectivity index (χ1) is 39.4. The molecule has 1 saturated heterocycles. The zero-order chi connectivity index (χ0) is 58.2. The van der Waals surface area contributed by atoms with Crippen molar-refractivity contribution in [3.05, 3.63) is 129 Å².